The van der Waals surface area contributed by atoms with E-state index in [0.29, 0.717) is 5.92 Å². The quantitative estimate of drug-likeness (QED) is 0.839. The van der Waals surface area contributed by atoms with Crippen molar-refractivity contribution in [1.29, 1.82) is 0 Å². The summed E-state index contributed by atoms with van der Waals surface area (Å²) in [7, 11) is 0. The average molecular weight is 233 g/mol. The monoisotopic (exact) mass is 233 g/mol. The van der Waals surface area contributed by atoms with E-state index in [1.807, 2.05) is 6.92 Å². The Morgan fingerprint density at radius 2 is 2.29 bits per heavy atom. The molecule has 2 atom stereocenters. The molecule has 2 nitrogen and oxygen atoms in total. The Kier molecular flexibility index (Phi) is 3.85. The fourth-order valence-electron chi connectivity index (χ4n) is 2.76. The van der Waals surface area contributed by atoms with Crippen molar-refractivity contribution in [3.05, 3.63) is 35.4 Å². The Hall–Kier alpha value is -0.860. The highest BCUT2D eigenvalue weighted by Gasteiger charge is 2.32. The molecule has 0 aromatic heterocycles. The van der Waals surface area contributed by atoms with Gasteiger partial charge < -0.3 is 10.4 Å². The standard InChI is InChI=1S/C15H23NO/c1-12-5-3-6-13(9-12)10-15(2,17)14-7-4-8-16-11-14/h3,5-6,9,14,16-17H,4,7-8,10-11H2,1-2H3. The third kappa shape index (κ3) is 3.30. The Bertz CT molecular complexity index is 367. The normalized spacial score (nSPS) is 24.3. The molecule has 0 spiro atoms. The maximum atomic E-state index is 10.6. The lowest BCUT2D eigenvalue weighted by Gasteiger charge is -2.36. The summed E-state index contributed by atoms with van der Waals surface area (Å²) < 4.78 is 0. The van der Waals surface area contributed by atoms with E-state index in [9.17, 15) is 5.11 Å². The Morgan fingerprint density at radius 1 is 1.47 bits per heavy atom. The van der Waals surface area contributed by atoms with Gasteiger partial charge in [-0.25, -0.2) is 0 Å². The van der Waals surface area contributed by atoms with Gasteiger partial charge in [-0.1, -0.05) is 29.8 Å². The fraction of sp³-hybridized carbons (Fsp3) is 0.600. The maximum Gasteiger partial charge on any atom is 0.0700 e. The Labute approximate surface area is 104 Å². The molecule has 2 N–H and O–H groups in total. The molecule has 2 rings (SSSR count). The first kappa shape index (κ1) is 12.6. The van der Waals surface area contributed by atoms with E-state index in [2.05, 4.69) is 36.5 Å². The van der Waals surface area contributed by atoms with E-state index >= 15 is 0 Å². The van der Waals surface area contributed by atoms with Gasteiger partial charge in [-0.2, -0.15) is 0 Å². The smallest absolute Gasteiger partial charge is 0.0700 e. The number of hydrogen-bond acceptors (Lipinski definition) is 2. The first-order valence-corrected chi connectivity index (χ1v) is 6.56. The summed E-state index contributed by atoms with van der Waals surface area (Å²) in [5.74, 6) is 0.372. The largest absolute Gasteiger partial charge is 0.389 e. The maximum absolute atomic E-state index is 10.6. The molecule has 1 saturated heterocycles. The first-order valence-electron chi connectivity index (χ1n) is 6.56. The van der Waals surface area contributed by atoms with Gasteiger partial charge in [0.1, 0.15) is 0 Å². The summed E-state index contributed by atoms with van der Waals surface area (Å²) in [5.41, 5.74) is 1.90. The molecule has 17 heavy (non-hydrogen) atoms. The van der Waals surface area contributed by atoms with Crippen LogP contribution >= 0.6 is 0 Å². The van der Waals surface area contributed by atoms with Crippen LogP contribution in [0.1, 0.15) is 30.9 Å². The molecular formula is C15H23NO. The van der Waals surface area contributed by atoms with Gasteiger partial charge in [-0.15, -0.1) is 0 Å². The molecular weight excluding hydrogens is 210 g/mol. The Balaban J connectivity index is 2.05. The molecule has 1 heterocycles. The number of nitrogens with one attached hydrogen (secondary N) is 1. The molecule has 2 unspecified atom stereocenters. The zero-order valence-corrected chi connectivity index (χ0v) is 10.9. The molecule has 2 heteroatoms. The number of piperidine rings is 1. The highest BCUT2D eigenvalue weighted by Crippen LogP contribution is 2.27. The summed E-state index contributed by atoms with van der Waals surface area (Å²) in [6, 6.07) is 8.45. The van der Waals surface area contributed by atoms with Crippen LogP contribution in [0.5, 0.6) is 0 Å². The molecule has 1 aliphatic rings. The highest BCUT2D eigenvalue weighted by molar-refractivity contribution is 5.23. The summed E-state index contributed by atoms with van der Waals surface area (Å²) in [5, 5.41) is 14.0. The summed E-state index contributed by atoms with van der Waals surface area (Å²) in [4.78, 5) is 0. The van der Waals surface area contributed by atoms with E-state index < -0.39 is 5.60 Å². The number of aliphatic hydroxyl groups is 1. The topological polar surface area (TPSA) is 32.3 Å². The van der Waals surface area contributed by atoms with Crippen LogP contribution in [-0.4, -0.2) is 23.8 Å². The third-order valence-corrected chi connectivity index (χ3v) is 3.82. The van der Waals surface area contributed by atoms with Crippen LogP contribution in [-0.2, 0) is 6.42 Å². The lowest BCUT2D eigenvalue weighted by Crippen LogP contribution is -2.45. The molecule has 1 fully saturated rings. The third-order valence-electron chi connectivity index (χ3n) is 3.82. The molecule has 0 saturated carbocycles. The molecule has 0 bridgehead atoms. The molecule has 1 aliphatic heterocycles. The molecule has 0 aliphatic carbocycles. The average Bonchev–Trinajstić information content (AvgIpc) is 2.29. The van der Waals surface area contributed by atoms with Gasteiger partial charge in [-0.3, -0.25) is 0 Å². The van der Waals surface area contributed by atoms with Gasteiger partial charge in [0.2, 0.25) is 0 Å². The van der Waals surface area contributed by atoms with Crippen LogP contribution in [0, 0.1) is 12.8 Å². The number of aryl methyl sites for hydroxylation is 1. The number of hydrogen-bond donors (Lipinski definition) is 2. The van der Waals surface area contributed by atoms with Crippen LogP contribution < -0.4 is 5.32 Å². The summed E-state index contributed by atoms with van der Waals surface area (Å²) in [6.45, 7) is 6.11. The van der Waals surface area contributed by atoms with Crippen molar-refractivity contribution in [3.8, 4) is 0 Å². The summed E-state index contributed by atoms with van der Waals surface area (Å²) >= 11 is 0. The van der Waals surface area contributed by atoms with Crippen molar-refractivity contribution in [1.82, 2.24) is 5.32 Å². The summed E-state index contributed by atoms with van der Waals surface area (Å²) in [6.07, 6.45) is 3.06. The van der Waals surface area contributed by atoms with Crippen molar-refractivity contribution < 1.29 is 5.11 Å². The van der Waals surface area contributed by atoms with Crippen molar-refractivity contribution in [3.63, 3.8) is 0 Å². The van der Waals surface area contributed by atoms with Crippen LogP contribution in [0.25, 0.3) is 0 Å². The SMILES string of the molecule is Cc1cccc(CC(C)(O)C2CCCNC2)c1. The van der Waals surface area contributed by atoms with Crippen LogP contribution in [0.2, 0.25) is 0 Å². The number of rotatable bonds is 3. The van der Waals surface area contributed by atoms with E-state index in [1.165, 1.54) is 17.5 Å². The lowest BCUT2D eigenvalue weighted by atomic mass is 9.79. The minimum absolute atomic E-state index is 0.372. The van der Waals surface area contributed by atoms with Crippen molar-refractivity contribution in [2.75, 3.05) is 13.1 Å². The van der Waals surface area contributed by atoms with Gasteiger partial charge in [0.05, 0.1) is 5.60 Å². The minimum Gasteiger partial charge on any atom is -0.389 e. The van der Waals surface area contributed by atoms with E-state index in [1.54, 1.807) is 0 Å². The van der Waals surface area contributed by atoms with E-state index in [0.717, 1.165) is 25.9 Å². The molecule has 94 valence electrons. The lowest BCUT2D eigenvalue weighted by molar-refractivity contribution is -0.0102. The first-order chi connectivity index (χ1) is 8.08. The molecule has 0 radical (unpaired) electrons. The fourth-order valence-corrected chi connectivity index (χ4v) is 2.76. The highest BCUT2D eigenvalue weighted by atomic mass is 16.3. The second-order valence-corrected chi connectivity index (χ2v) is 5.57. The van der Waals surface area contributed by atoms with Crippen molar-refractivity contribution in [2.24, 2.45) is 5.92 Å². The predicted octanol–water partition coefficient (Wildman–Crippen LogP) is 2.29. The minimum atomic E-state index is -0.596. The van der Waals surface area contributed by atoms with Gasteiger partial charge >= 0.3 is 0 Å². The van der Waals surface area contributed by atoms with Gasteiger partial charge in [-0.05, 0) is 38.8 Å². The number of benzene rings is 1. The van der Waals surface area contributed by atoms with Crippen molar-refractivity contribution in [2.45, 2.75) is 38.7 Å². The Morgan fingerprint density at radius 3 is 2.94 bits per heavy atom. The second kappa shape index (κ2) is 5.19. The predicted molar refractivity (Wildman–Crippen MR) is 71.1 cm³/mol. The second-order valence-electron chi connectivity index (χ2n) is 5.57. The zero-order chi connectivity index (χ0) is 12.3. The van der Waals surface area contributed by atoms with Gasteiger partial charge in [0.25, 0.3) is 0 Å². The van der Waals surface area contributed by atoms with Crippen LogP contribution in [0.3, 0.4) is 0 Å². The van der Waals surface area contributed by atoms with Gasteiger partial charge in [0.15, 0.2) is 0 Å². The molecule has 1 aromatic rings. The van der Waals surface area contributed by atoms with Gasteiger partial charge in [0, 0.05) is 18.9 Å². The van der Waals surface area contributed by atoms with E-state index in [4.69, 9.17) is 0 Å². The van der Waals surface area contributed by atoms with Crippen LogP contribution in [0.15, 0.2) is 24.3 Å². The zero-order valence-electron chi connectivity index (χ0n) is 10.9. The van der Waals surface area contributed by atoms with Crippen LogP contribution in [0.4, 0.5) is 0 Å². The molecule has 0 amide bonds. The van der Waals surface area contributed by atoms with E-state index in [-0.39, 0.29) is 0 Å². The van der Waals surface area contributed by atoms with Crippen molar-refractivity contribution >= 4 is 0 Å². The molecule has 1 aromatic carbocycles.